The van der Waals surface area contributed by atoms with Crippen LogP contribution >= 0.6 is 0 Å². The summed E-state index contributed by atoms with van der Waals surface area (Å²) in [5.41, 5.74) is 0. The smallest absolute Gasteiger partial charge is 2.00 e. The average Bonchev–Trinajstić information content (AvgIpc) is 0. The minimum absolute atomic E-state index is 0. The standard InChI is InChI=1S/2Mo.2Na.9O.2Zn/q;;2*+1;9*-2;2*+2. The van der Waals surface area contributed by atoms with Crippen LogP contribution in [0.2, 0.25) is 0 Å². The van der Waals surface area contributed by atoms with Crippen molar-refractivity contribution in [1.29, 1.82) is 0 Å². The van der Waals surface area contributed by atoms with Crippen LogP contribution in [0.25, 0.3) is 0 Å². The van der Waals surface area contributed by atoms with E-state index in [2.05, 4.69) is 0 Å². The summed E-state index contributed by atoms with van der Waals surface area (Å²) in [5, 5.41) is 0. The molecule has 0 radical (unpaired) electrons. The third-order valence-corrected chi connectivity index (χ3v) is 0. The van der Waals surface area contributed by atoms with E-state index < -0.39 is 0 Å². The maximum Gasteiger partial charge on any atom is 2.00 e. The fourth-order valence-electron chi connectivity index (χ4n) is 0. The van der Waals surface area contributed by atoms with Gasteiger partial charge in [-0.15, -0.1) is 0 Å². The molecule has 0 fully saturated rings. The Bertz CT molecular complexity index is 24.1. The predicted molar refractivity (Wildman–Crippen MR) is 6.18 cm³/mol. The third kappa shape index (κ3) is 266. The molecule has 0 atom stereocenters. The molecule has 0 aliphatic carbocycles. The summed E-state index contributed by atoms with van der Waals surface area (Å²) in [6, 6.07) is 0. The summed E-state index contributed by atoms with van der Waals surface area (Å²) in [4.78, 5) is 0. The van der Waals surface area contributed by atoms with E-state index in [4.69, 9.17) is 0 Å². The van der Waals surface area contributed by atoms with Crippen molar-refractivity contribution in [3.05, 3.63) is 0 Å². The molecule has 0 aliphatic heterocycles. The van der Waals surface area contributed by atoms with Crippen LogP contribution < -0.4 is 59.1 Å². The van der Waals surface area contributed by atoms with Gasteiger partial charge in [0.2, 0.25) is 0 Å². The van der Waals surface area contributed by atoms with Crippen molar-refractivity contribution in [3.8, 4) is 0 Å². The van der Waals surface area contributed by atoms with Crippen LogP contribution in [0, 0.1) is 0 Å². The Morgan fingerprint density at radius 2 is 0.267 bits per heavy atom. The van der Waals surface area contributed by atoms with E-state index in [0.29, 0.717) is 0 Å². The molecule has 0 saturated heterocycles. The van der Waals surface area contributed by atoms with Gasteiger partial charge in [-0.05, 0) is 0 Å². The van der Waals surface area contributed by atoms with Gasteiger partial charge in [-0.1, -0.05) is 0 Å². The molecule has 15 heteroatoms. The zero-order chi connectivity index (χ0) is 0. The average molecular weight is 513 g/mol. The largest absolute Gasteiger partial charge is 2.00 e. The fourth-order valence-corrected chi connectivity index (χ4v) is 0. The zero-order valence-electron chi connectivity index (χ0n) is 7.90. The zero-order valence-corrected chi connectivity index (χ0v) is 21.9. The first-order valence-corrected chi connectivity index (χ1v) is 0. The summed E-state index contributed by atoms with van der Waals surface area (Å²) < 4.78 is 0. The Morgan fingerprint density at radius 1 is 0.267 bits per heavy atom. The van der Waals surface area contributed by atoms with Gasteiger partial charge in [-0.2, -0.15) is 0 Å². The van der Waals surface area contributed by atoms with Crippen molar-refractivity contribution in [2.45, 2.75) is 0 Å². The van der Waals surface area contributed by atoms with Gasteiger partial charge in [0, 0.05) is 42.1 Å². The van der Waals surface area contributed by atoms with Gasteiger partial charge < -0.3 is 49.3 Å². The van der Waals surface area contributed by atoms with Crippen LogP contribution in [0.4, 0.5) is 0 Å². The SMILES string of the molecule is [Mo].[Mo].[Na+].[Na+].[O-2].[O-2].[O-2].[O-2].[O-2].[O-2].[O-2].[O-2].[O-2].[Zn+2].[Zn+2]. The predicted octanol–water partition coefficient (Wildman–Crippen LogP) is -7.07. The fraction of sp³-hybridized carbons (Fsp3) is 0. The topological polar surface area (TPSA) is 256 Å². The van der Waals surface area contributed by atoms with Crippen LogP contribution in [0.15, 0.2) is 0 Å². The molecule has 0 bridgehead atoms. The molecule has 0 aliphatic rings. The van der Waals surface area contributed by atoms with E-state index in [-0.39, 0.29) is 189 Å². The van der Waals surface area contributed by atoms with Crippen molar-refractivity contribution in [2.75, 3.05) is 0 Å². The summed E-state index contributed by atoms with van der Waals surface area (Å²) in [6.45, 7) is 0. The van der Waals surface area contributed by atoms with Crippen molar-refractivity contribution in [2.24, 2.45) is 0 Å². The van der Waals surface area contributed by atoms with Crippen LogP contribution in [0.5, 0.6) is 0 Å². The van der Waals surface area contributed by atoms with E-state index in [9.17, 15) is 0 Å². The second-order valence-corrected chi connectivity index (χ2v) is 0. The molecule has 0 saturated carbocycles. The molecule has 0 spiro atoms. The van der Waals surface area contributed by atoms with Gasteiger partial charge in [0.15, 0.2) is 0 Å². The second kappa shape index (κ2) is 299. The molecule has 0 aromatic rings. The first kappa shape index (κ1) is 353. The van der Waals surface area contributed by atoms with Crippen molar-refractivity contribution < 1.29 is 189 Å². The molecule has 15 heavy (non-hydrogen) atoms. The number of hydrogen-bond acceptors (Lipinski definition) is 0. The van der Waals surface area contributed by atoms with Crippen molar-refractivity contribution >= 4 is 0 Å². The van der Waals surface area contributed by atoms with Crippen molar-refractivity contribution in [1.82, 2.24) is 0 Å². The van der Waals surface area contributed by atoms with Gasteiger partial charge in [-0.3, -0.25) is 0 Å². The maximum atomic E-state index is 0. The van der Waals surface area contributed by atoms with Crippen LogP contribution in [-0.4, -0.2) is 0 Å². The van der Waals surface area contributed by atoms with Crippen LogP contribution in [-0.2, 0) is 130 Å². The Kier molecular flexibility index (Phi) is 7060. The minimum atomic E-state index is 0. The normalized spacial score (nSPS) is 0. The summed E-state index contributed by atoms with van der Waals surface area (Å²) in [7, 11) is 0. The Hall–Kier alpha value is 4.26. The van der Waals surface area contributed by atoms with Gasteiger partial charge >= 0.3 is 98.1 Å². The first-order valence-electron chi connectivity index (χ1n) is 0. The summed E-state index contributed by atoms with van der Waals surface area (Å²) in [6.07, 6.45) is 0. The molecule has 0 amide bonds. The van der Waals surface area contributed by atoms with E-state index in [0.717, 1.165) is 0 Å². The molecule has 0 unspecified atom stereocenters. The molecular weight excluding hydrogens is 513 g/mol. The second-order valence-electron chi connectivity index (χ2n) is 0. The van der Waals surface area contributed by atoms with E-state index in [1.165, 1.54) is 0 Å². The molecule has 9 nitrogen and oxygen atoms in total. The summed E-state index contributed by atoms with van der Waals surface area (Å²) in [5.74, 6) is 0. The van der Waals surface area contributed by atoms with Gasteiger partial charge in [0.25, 0.3) is 0 Å². The van der Waals surface area contributed by atoms with E-state index >= 15 is 0 Å². The number of hydrogen-bond donors (Lipinski definition) is 0. The Morgan fingerprint density at radius 3 is 0.267 bits per heavy atom. The van der Waals surface area contributed by atoms with Crippen molar-refractivity contribution in [3.63, 3.8) is 0 Å². The third-order valence-electron chi connectivity index (χ3n) is 0. The molecule has 0 aromatic carbocycles. The summed E-state index contributed by atoms with van der Waals surface area (Å²) >= 11 is 0. The maximum absolute atomic E-state index is 0. The van der Waals surface area contributed by atoms with E-state index in [1.54, 1.807) is 0 Å². The monoisotopic (exact) mass is 514 g/mol. The van der Waals surface area contributed by atoms with Gasteiger partial charge in [-0.25, -0.2) is 0 Å². The first-order chi connectivity index (χ1) is 0. The number of rotatable bonds is 0. The molecule has 0 N–H and O–H groups in total. The van der Waals surface area contributed by atoms with Crippen LogP contribution in [0.3, 0.4) is 0 Å². The molecule has 0 heterocycles. The van der Waals surface area contributed by atoms with Gasteiger partial charge in [0.05, 0.1) is 0 Å². The molecule has 84 valence electrons. The quantitative estimate of drug-likeness (QED) is 0.274. The molecular formula is Mo2Na2O9Zn2-12. The van der Waals surface area contributed by atoms with Gasteiger partial charge in [0.1, 0.15) is 0 Å². The van der Waals surface area contributed by atoms with Crippen LogP contribution in [0.1, 0.15) is 0 Å². The minimum Gasteiger partial charge on any atom is -2.00 e. The Labute approximate surface area is 186 Å². The Balaban J connectivity index is 0. The van der Waals surface area contributed by atoms with E-state index in [1.807, 2.05) is 0 Å². The molecule has 0 aromatic heterocycles. The molecule has 0 rings (SSSR count).